The topological polar surface area (TPSA) is 140 Å². The van der Waals surface area contributed by atoms with E-state index in [2.05, 4.69) is 5.32 Å². The van der Waals surface area contributed by atoms with Gasteiger partial charge in [0.2, 0.25) is 10.0 Å². The number of nitrogens with zero attached hydrogens (tertiary/aromatic N) is 1. The number of rotatable bonds is 7. The van der Waals surface area contributed by atoms with Gasteiger partial charge in [-0.1, -0.05) is 6.07 Å². The number of aliphatic hydroxyl groups is 1. The summed E-state index contributed by atoms with van der Waals surface area (Å²) in [7, 11) is -3.87. The molecular weight excluding hydrogens is 450 g/mol. The van der Waals surface area contributed by atoms with E-state index in [9.17, 15) is 18.3 Å². The molecule has 1 spiro atoms. The van der Waals surface area contributed by atoms with E-state index in [4.69, 9.17) is 19.3 Å². The molecule has 4 N–H and O–H groups in total. The number of nitrogens with one attached hydrogen (secondary N) is 1. The van der Waals surface area contributed by atoms with Crippen molar-refractivity contribution in [2.45, 2.75) is 68.3 Å². The molecule has 0 aromatic heterocycles. The Morgan fingerprint density at radius 2 is 2.06 bits per heavy atom. The predicted molar refractivity (Wildman–Crippen MR) is 121 cm³/mol. The molecule has 2 atom stereocenters. The minimum absolute atomic E-state index is 0.00779. The third kappa shape index (κ3) is 7.28. The molecule has 33 heavy (non-hydrogen) atoms. The number of hydrogen-bond acceptors (Lipinski definition) is 8. The highest BCUT2D eigenvalue weighted by molar-refractivity contribution is 7.89. The van der Waals surface area contributed by atoms with Crippen molar-refractivity contribution in [3.63, 3.8) is 0 Å². The van der Waals surface area contributed by atoms with Gasteiger partial charge in [0.1, 0.15) is 24.1 Å². The Morgan fingerprint density at radius 3 is 2.70 bits per heavy atom. The Hall–Kier alpha value is -1.92. The summed E-state index contributed by atoms with van der Waals surface area (Å²) in [6.45, 7) is 7.34. The molecule has 1 aromatic rings. The third-order valence-electron chi connectivity index (χ3n) is 5.76. The van der Waals surface area contributed by atoms with Gasteiger partial charge in [-0.3, -0.25) is 0 Å². The molecular formula is C22H35N3O7S. The first-order chi connectivity index (χ1) is 15.4. The maximum atomic E-state index is 13.0. The second kappa shape index (κ2) is 10.1. The zero-order valence-corrected chi connectivity index (χ0v) is 20.3. The van der Waals surface area contributed by atoms with Crippen LogP contribution in [-0.4, -0.2) is 80.7 Å². The zero-order chi connectivity index (χ0) is 24.3. The van der Waals surface area contributed by atoms with Gasteiger partial charge in [0.15, 0.2) is 0 Å². The number of carbonyl (C=O) groups is 1. The number of piperidine rings is 1. The Labute approximate surface area is 195 Å². The van der Waals surface area contributed by atoms with Gasteiger partial charge in [-0.2, -0.15) is 0 Å². The van der Waals surface area contributed by atoms with Crippen molar-refractivity contribution in [2.75, 3.05) is 32.8 Å². The van der Waals surface area contributed by atoms with Gasteiger partial charge in [-0.05, 0) is 65.3 Å². The molecule has 3 rings (SSSR count). The lowest BCUT2D eigenvalue weighted by Crippen LogP contribution is -2.49. The molecule has 2 aliphatic rings. The van der Waals surface area contributed by atoms with Crippen LogP contribution in [0, 0.1) is 0 Å². The average Bonchev–Trinajstić information content (AvgIpc) is 3.12. The highest BCUT2D eigenvalue weighted by Gasteiger charge is 2.45. The minimum Gasteiger partial charge on any atom is -0.491 e. The van der Waals surface area contributed by atoms with E-state index in [0.29, 0.717) is 13.0 Å². The minimum atomic E-state index is -3.87. The van der Waals surface area contributed by atoms with Gasteiger partial charge >= 0.3 is 6.09 Å². The molecule has 2 aliphatic heterocycles. The van der Waals surface area contributed by atoms with Crippen LogP contribution in [0.1, 0.15) is 40.0 Å². The first-order valence-corrected chi connectivity index (χ1v) is 12.7. The fourth-order valence-corrected chi connectivity index (χ4v) is 4.71. The van der Waals surface area contributed by atoms with Crippen molar-refractivity contribution in [1.29, 1.82) is 0 Å². The standard InChI is InChI=1S/C22H35N3O7S/c1-21(2,3)32-20(27)25(16-12-22(31-14-16)7-9-24-10-8-22)13-17(26)15-30-18-5-4-6-19(11-18)33(23,28)29/h4-6,11,16-17,24,26H,7-10,12-15H2,1-3H3,(H2,23,28,29)/t16-,17+/m1/s1. The molecule has 186 valence electrons. The summed E-state index contributed by atoms with van der Waals surface area (Å²) >= 11 is 0. The summed E-state index contributed by atoms with van der Waals surface area (Å²) in [6, 6.07) is 5.50. The molecule has 2 saturated heterocycles. The van der Waals surface area contributed by atoms with Crippen LogP contribution >= 0.6 is 0 Å². The number of benzene rings is 1. The van der Waals surface area contributed by atoms with Crippen LogP contribution < -0.4 is 15.2 Å². The second-order valence-electron chi connectivity index (χ2n) is 9.72. The monoisotopic (exact) mass is 485 g/mol. The van der Waals surface area contributed by atoms with Crippen molar-refractivity contribution >= 4 is 16.1 Å². The van der Waals surface area contributed by atoms with Crippen LogP contribution in [0.4, 0.5) is 4.79 Å². The smallest absolute Gasteiger partial charge is 0.410 e. The molecule has 2 heterocycles. The molecule has 10 nitrogen and oxygen atoms in total. The fraction of sp³-hybridized carbons (Fsp3) is 0.682. The van der Waals surface area contributed by atoms with Crippen LogP contribution in [0.2, 0.25) is 0 Å². The molecule has 0 aliphatic carbocycles. The van der Waals surface area contributed by atoms with Crippen LogP contribution in [0.3, 0.4) is 0 Å². The van der Waals surface area contributed by atoms with E-state index in [1.165, 1.54) is 23.1 Å². The Bertz CT molecular complexity index is 926. The fourth-order valence-electron chi connectivity index (χ4n) is 4.16. The van der Waals surface area contributed by atoms with E-state index < -0.39 is 27.8 Å². The first-order valence-electron chi connectivity index (χ1n) is 11.1. The van der Waals surface area contributed by atoms with Gasteiger partial charge in [-0.15, -0.1) is 0 Å². The van der Waals surface area contributed by atoms with E-state index in [0.717, 1.165) is 25.9 Å². The molecule has 11 heteroatoms. The molecule has 0 unspecified atom stereocenters. The predicted octanol–water partition coefficient (Wildman–Crippen LogP) is 1.22. The maximum absolute atomic E-state index is 13.0. The number of primary sulfonamides is 1. The molecule has 0 radical (unpaired) electrons. The summed E-state index contributed by atoms with van der Waals surface area (Å²) in [4.78, 5) is 14.4. The average molecular weight is 486 g/mol. The van der Waals surface area contributed by atoms with E-state index in [1.807, 2.05) is 0 Å². The SMILES string of the molecule is CC(C)(C)OC(=O)N(C[C@H](O)COc1cccc(S(N)(=O)=O)c1)[C@H]1COC2(CCNCC2)C1. The Morgan fingerprint density at radius 1 is 1.36 bits per heavy atom. The van der Waals surface area contributed by atoms with Gasteiger partial charge in [-0.25, -0.2) is 18.4 Å². The van der Waals surface area contributed by atoms with E-state index >= 15 is 0 Å². The number of aliphatic hydroxyl groups excluding tert-OH is 1. The maximum Gasteiger partial charge on any atom is 0.410 e. The van der Waals surface area contributed by atoms with Gasteiger partial charge in [0.25, 0.3) is 0 Å². The Kier molecular flexibility index (Phi) is 7.90. The molecule has 1 amide bonds. The first kappa shape index (κ1) is 25.7. The van der Waals surface area contributed by atoms with Gasteiger partial charge < -0.3 is 29.5 Å². The molecule has 0 bridgehead atoms. The number of hydrogen-bond donors (Lipinski definition) is 3. The van der Waals surface area contributed by atoms with Gasteiger partial charge in [0.05, 0.1) is 29.7 Å². The normalized spacial score (nSPS) is 21.5. The Balaban J connectivity index is 1.66. The third-order valence-corrected chi connectivity index (χ3v) is 6.67. The number of nitrogens with two attached hydrogens (primary N) is 1. The van der Waals surface area contributed by atoms with Crippen molar-refractivity contribution < 1.29 is 32.5 Å². The zero-order valence-electron chi connectivity index (χ0n) is 19.5. The summed E-state index contributed by atoms with van der Waals surface area (Å²) < 4.78 is 40.4. The van der Waals surface area contributed by atoms with Crippen molar-refractivity contribution in [3.8, 4) is 5.75 Å². The second-order valence-corrected chi connectivity index (χ2v) is 11.3. The van der Waals surface area contributed by atoms with Crippen LogP contribution in [0.15, 0.2) is 29.2 Å². The summed E-state index contributed by atoms with van der Waals surface area (Å²) in [5, 5.41) is 19.1. The molecule has 2 fully saturated rings. The highest BCUT2D eigenvalue weighted by Crippen LogP contribution is 2.36. The summed E-state index contributed by atoms with van der Waals surface area (Å²) in [6.07, 6.45) is 0.880. The molecule has 1 aromatic carbocycles. The van der Waals surface area contributed by atoms with Crippen molar-refractivity contribution in [1.82, 2.24) is 10.2 Å². The molecule has 0 saturated carbocycles. The van der Waals surface area contributed by atoms with E-state index in [-0.39, 0.29) is 35.4 Å². The van der Waals surface area contributed by atoms with Crippen LogP contribution in [0.25, 0.3) is 0 Å². The highest BCUT2D eigenvalue weighted by atomic mass is 32.2. The summed E-state index contributed by atoms with van der Waals surface area (Å²) in [5.74, 6) is 0.252. The number of ether oxygens (including phenoxy) is 3. The number of sulfonamides is 1. The quantitative estimate of drug-likeness (QED) is 0.524. The largest absolute Gasteiger partial charge is 0.491 e. The number of amides is 1. The van der Waals surface area contributed by atoms with E-state index in [1.54, 1.807) is 26.8 Å². The van der Waals surface area contributed by atoms with Gasteiger partial charge in [0, 0.05) is 6.07 Å². The lowest BCUT2D eigenvalue weighted by molar-refractivity contribution is -0.0227. The van der Waals surface area contributed by atoms with Crippen LogP contribution in [0.5, 0.6) is 5.75 Å². The number of carbonyl (C=O) groups excluding carboxylic acids is 1. The van der Waals surface area contributed by atoms with Crippen LogP contribution in [-0.2, 0) is 19.5 Å². The van der Waals surface area contributed by atoms with Crippen molar-refractivity contribution in [2.24, 2.45) is 5.14 Å². The van der Waals surface area contributed by atoms with Crippen molar-refractivity contribution in [3.05, 3.63) is 24.3 Å². The summed E-state index contributed by atoms with van der Waals surface area (Å²) in [5.41, 5.74) is -0.942. The lowest BCUT2D eigenvalue weighted by atomic mass is 9.88. The lowest BCUT2D eigenvalue weighted by Gasteiger charge is -2.35.